The van der Waals surface area contributed by atoms with Crippen molar-refractivity contribution >= 4 is 21.8 Å². The summed E-state index contributed by atoms with van der Waals surface area (Å²) in [4.78, 5) is 17.9. The number of carbonyl (C=O) groups is 1. The van der Waals surface area contributed by atoms with Gasteiger partial charge in [-0.2, -0.15) is 0 Å². The van der Waals surface area contributed by atoms with Crippen LogP contribution in [0.2, 0.25) is 0 Å². The van der Waals surface area contributed by atoms with Gasteiger partial charge >= 0.3 is 0 Å². The zero-order chi connectivity index (χ0) is 13.0. The summed E-state index contributed by atoms with van der Waals surface area (Å²) in [5, 5.41) is 0. The first kappa shape index (κ1) is 12.8. The Labute approximate surface area is 115 Å². The van der Waals surface area contributed by atoms with Crippen molar-refractivity contribution in [2.24, 2.45) is 0 Å². The number of rotatable bonds is 3. The van der Waals surface area contributed by atoms with Crippen LogP contribution in [0, 0.1) is 0 Å². The summed E-state index contributed by atoms with van der Waals surface area (Å²) in [6, 6.07) is 11.2. The van der Waals surface area contributed by atoms with Crippen molar-refractivity contribution in [3.63, 3.8) is 0 Å². The molecule has 1 heterocycles. The Balaban J connectivity index is 2.13. The number of hydrogen-bond acceptors (Lipinski definition) is 2. The minimum atomic E-state index is -0.000660. The predicted octanol–water partition coefficient (Wildman–Crippen LogP) is 3.12. The zero-order valence-corrected chi connectivity index (χ0v) is 11.6. The van der Waals surface area contributed by atoms with Crippen LogP contribution < -0.4 is 0 Å². The van der Waals surface area contributed by atoms with Crippen molar-refractivity contribution in [2.45, 2.75) is 6.54 Å². The number of amides is 1. The van der Waals surface area contributed by atoms with Crippen molar-refractivity contribution in [3.8, 4) is 0 Å². The smallest absolute Gasteiger partial charge is 0.255 e. The molecule has 0 N–H and O–H groups in total. The summed E-state index contributed by atoms with van der Waals surface area (Å²) in [5.74, 6) is -0.000660. The molecular formula is C14H13BrN2O. The minimum Gasteiger partial charge on any atom is -0.337 e. The van der Waals surface area contributed by atoms with Gasteiger partial charge in [0, 0.05) is 30.5 Å². The number of pyridine rings is 1. The van der Waals surface area contributed by atoms with Gasteiger partial charge in [0.05, 0.1) is 5.56 Å². The highest BCUT2D eigenvalue weighted by molar-refractivity contribution is 9.10. The van der Waals surface area contributed by atoms with E-state index in [0.717, 1.165) is 10.0 Å². The van der Waals surface area contributed by atoms with Crippen LogP contribution in [-0.2, 0) is 6.54 Å². The first-order valence-electron chi connectivity index (χ1n) is 5.57. The Morgan fingerprint density at radius 3 is 2.56 bits per heavy atom. The largest absolute Gasteiger partial charge is 0.337 e. The Kier molecular flexibility index (Phi) is 4.10. The highest BCUT2D eigenvalue weighted by Crippen LogP contribution is 2.18. The van der Waals surface area contributed by atoms with Gasteiger partial charge in [-0.25, -0.2) is 0 Å². The Hall–Kier alpha value is -1.68. The van der Waals surface area contributed by atoms with E-state index in [2.05, 4.69) is 20.9 Å². The lowest BCUT2D eigenvalue weighted by molar-refractivity contribution is 0.0784. The van der Waals surface area contributed by atoms with Crippen LogP contribution in [0.15, 0.2) is 53.3 Å². The molecule has 0 saturated heterocycles. The number of halogens is 1. The lowest BCUT2D eigenvalue weighted by Gasteiger charge is -2.17. The molecule has 18 heavy (non-hydrogen) atoms. The predicted molar refractivity (Wildman–Crippen MR) is 74.2 cm³/mol. The van der Waals surface area contributed by atoms with Crippen molar-refractivity contribution in [3.05, 3.63) is 64.4 Å². The highest BCUT2D eigenvalue weighted by Gasteiger charge is 2.14. The van der Waals surface area contributed by atoms with Gasteiger partial charge in [-0.05, 0) is 45.8 Å². The summed E-state index contributed by atoms with van der Waals surface area (Å²) < 4.78 is 0.816. The fourth-order valence-corrected chi connectivity index (χ4v) is 2.13. The summed E-state index contributed by atoms with van der Waals surface area (Å²) in [5.41, 5.74) is 1.74. The molecule has 1 aromatic heterocycles. The fraction of sp³-hybridized carbons (Fsp3) is 0.143. The van der Waals surface area contributed by atoms with Crippen molar-refractivity contribution in [2.75, 3.05) is 7.05 Å². The van der Waals surface area contributed by atoms with E-state index in [1.807, 2.05) is 36.4 Å². The molecule has 0 aliphatic rings. The third-order valence-electron chi connectivity index (χ3n) is 2.62. The molecule has 1 aromatic carbocycles. The molecule has 2 aromatic rings. The molecule has 0 fully saturated rings. The van der Waals surface area contributed by atoms with E-state index in [1.54, 1.807) is 24.3 Å². The summed E-state index contributed by atoms with van der Waals surface area (Å²) in [6.45, 7) is 0.572. The quantitative estimate of drug-likeness (QED) is 0.873. The number of nitrogens with zero attached hydrogens (tertiary/aromatic N) is 2. The van der Waals surface area contributed by atoms with Crippen LogP contribution in [0.1, 0.15) is 15.9 Å². The van der Waals surface area contributed by atoms with E-state index in [1.165, 1.54) is 0 Å². The van der Waals surface area contributed by atoms with E-state index in [9.17, 15) is 4.79 Å². The molecule has 0 aliphatic carbocycles. The Bertz CT molecular complexity index is 543. The topological polar surface area (TPSA) is 33.2 Å². The van der Waals surface area contributed by atoms with Crippen molar-refractivity contribution in [1.29, 1.82) is 0 Å². The molecule has 0 bridgehead atoms. The maximum atomic E-state index is 12.3. The molecule has 0 unspecified atom stereocenters. The van der Waals surface area contributed by atoms with E-state index in [4.69, 9.17) is 0 Å². The number of aromatic nitrogens is 1. The number of hydrogen-bond donors (Lipinski definition) is 0. The standard InChI is InChI=1S/C14H13BrN2O/c1-17(10-11-6-8-16-9-7-11)14(18)12-4-2-3-5-13(12)15/h2-9H,10H2,1H3. The van der Waals surface area contributed by atoms with Gasteiger partial charge in [-0.3, -0.25) is 9.78 Å². The monoisotopic (exact) mass is 304 g/mol. The second-order valence-electron chi connectivity index (χ2n) is 4.00. The van der Waals surface area contributed by atoms with Crippen LogP contribution in [0.25, 0.3) is 0 Å². The van der Waals surface area contributed by atoms with Crippen molar-refractivity contribution < 1.29 is 4.79 Å². The molecule has 4 heteroatoms. The molecule has 0 radical (unpaired) electrons. The highest BCUT2D eigenvalue weighted by atomic mass is 79.9. The van der Waals surface area contributed by atoms with Crippen LogP contribution in [0.5, 0.6) is 0 Å². The molecule has 0 atom stereocenters. The van der Waals surface area contributed by atoms with Gasteiger partial charge in [-0.15, -0.1) is 0 Å². The maximum Gasteiger partial charge on any atom is 0.255 e. The molecule has 0 aliphatic heterocycles. The van der Waals surface area contributed by atoms with Gasteiger partial charge in [0.2, 0.25) is 0 Å². The molecule has 0 saturated carbocycles. The molecular weight excluding hydrogens is 292 g/mol. The van der Waals surface area contributed by atoms with Crippen LogP contribution in [-0.4, -0.2) is 22.8 Å². The second-order valence-corrected chi connectivity index (χ2v) is 4.85. The van der Waals surface area contributed by atoms with E-state index in [-0.39, 0.29) is 5.91 Å². The fourth-order valence-electron chi connectivity index (χ4n) is 1.67. The van der Waals surface area contributed by atoms with Gasteiger partial charge in [0.15, 0.2) is 0 Å². The third-order valence-corrected chi connectivity index (χ3v) is 3.31. The van der Waals surface area contributed by atoms with Gasteiger partial charge in [-0.1, -0.05) is 12.1 Å². The maximum absolute atomic E-state index is 12.3. The molecule has 92 valence electrons. The van der Waals surface area contributed by atoms with Gasteiger partial charge in [0.1, 0.15) is 0 Å². The lowest BCUT2D eigenvalue weighted by Crippen LogP contribution is -2.26. The molecule has 1 amide bonds. The van der Waals surface area contributed by atoms with Gasteiger partial charge in [0.25, 0.3) is 5.91 Å². The average molecular weight is 305 g/mol. The Morgan fingerprint density at radius 1 is 1.22 bits per heavy atom. The van der Waals surface area contributed by atoms with E-state index >= 15 is 0 Å². The van der Waals surface area contributed by atoms with Crippen LogP contribution >= 0.6 is 15.9 Å². The normalized spacial score (nSPS) is 10.1. The van der Waals surface area contributed by atoms with Gasteiger partial charge < -0.3 is 4.90 Å². The van der Waals surface area contributed by atoms with E-state index < -0.39 is 0 Å². The number of carbonyl (C=O) groups excluding carboxylic acids is 1. The Morgan fingerprint density at radius 2 is 1.89 bits per heavy atom. The lowest BCUT2D eigenvalue weighted by atomic mass is 10.2. The first-order chi connectivity index (χ1) is 8.68. The summed E-state index contributed by atoms with van der Waals surface area (Å²) in [7, 11) is 1.79. The SMILES string of the molecule is CN(Cc1ccncc1)C(=O)c1ccccc1Br. The zero-order valence-electron chi connectivity index (χ0n) is 10.0. The average Bonchev–Trinajstić information content (AvgIpc) is 2.39. The number of benzene rings is 1. The van der Waals surface area contributed by atoms with E-state index in [0.29, 0.717) is 12.1 Å². The molecule has 2 rings (SSSR count). The molecule has 3 nitrogen and oxygen atoms in total. The second kappa shape index (κ2) is 5.78. The van der Waals surface area contributed by atoms with Crippen LogP contribution in [0.3, 0.4) is 0 Å². The van der Waals surface area contributed by atoms with Crippen LogP contribution in [0.4, 0.5) is 0 Å². The first-order valence-corrected chi connectivity index (χ1v) is 6.36. The molecule has 0 spiro atoms. The summed E-state index contributed by atoms with van der Waals surface area (Å²) >= 11 is 3.39. The summed E-state index contributed by atoms with van der Waals surface area (Å²) in [6.07, 6.45) is 3.46. The third kappa shape index (κ3) is 2.96. The minimum absolute atomic E-state index is 0.000660. The van der Waals surface area contributed by atoms with Crippen molar-refractivity contribution in [1.82, 2.24) is 9.88 Å².